The van der Waals surface area contributed by atoms with Crippen LogP contribution in [0.5, 0.6) is 0 Å². The van der Waals surface area contributed by atoms with Crippen LogP contribution in [0.2, 0.25) is 0 Å². The molecule has 3 nitrogen and oxygen atoms in total. The lowest BCUT2D eigenvalue weighted by Crippen LogP contribution is -2.23. The summed E-state index contributed by atoms with van der Waals surface area (Å²) in [4.78, 5) is 6.77. The maximum atomic E-state index is 5.40. The molecule has 0 bridgehead atoms. The van der Waals surface area contributed by atoms with Gasteiger partial charge in [-0.25, -0.2) is 4.98 Å². The molecule has 1 aromatic rings. The SMILES string of the molecule is CN(CCC(N)=S)c1ccccn1. The Morgan fingerprint density at radius 3 is 2.92 bits per heavy atom. The van der Waals surface area contributed by atoms with Crippen LogP contribution in [-0.4, -0.2) is 23.6 Å². The lowest BCUT2D eigenvalue weighted by Gasteiger charge is -2.16. The van der Waals surface area contributed by atoms with Crippen molar-refractivity contribution in [2.75, 3.05) is 18.5 Å². The van der Waals surface area contributed by atoms with Gasteiger partial charge in [-0.2, -0.15) is 0 Å². The molecule has 0 aliphatic rings. The minimum absolute atomic E-state index is 0.544. The van der Waals surface area contributed by atoms with Gasteiger partial charge in [-0.3, -0.25) is 0 Å². The fourth-order valence-electron chi connectivity index (χ4n) is 0.972. The van der Waals surface area contributed by atoms with E-state index in [0.29, 0.717) is 4.99 Å². The van der Waals surface area contributed by atoms with Gasteiger partial charge in [0.15, 0.2) is 0 Å². The van der Waals surface area contributed by atoms with Gasteiger partial charge in [0.1, 0.15) is 5.82 Å². The van der Waals surface area contributed by atoms with Gasteiger partial charge in [0.2, 0.25) is 0 Å². The third kappa shape index (κ3) is 3.38. The van der Waals surface area contributed by atoms with E-state index in [4.69, 9.17) is 18.0 Å². The van der Waals surface area contributed by atoms with Crippen molar-refractivity contribution in [3.8, 4) is 0 Å². The standard InChI is InChI=1S/C9H13N3S/c1-12(7-5-8(10)13)9-4-2-3-6-11-9/h2-4,6H,5,7H2,1H3,(H2,10,13). The Kier molecular flexibility index (Phi) is 3.64. The van der Waals surface area contributed by atoms with Gasteiger partial charge < -0.3 is 10.6 Å². The Balaban J connectivity index is 2.49. The van der Waals surface area contributed by atoms with Gasteiger partial charge >= 0.3 is 0 Å². The Bertz CT molecular complexity index is 273. The van der Waals surface area contributed by atoms with Crippen molar-refractivity contribution < 1.29 is 0 Å². The van der Waals surface area contributed by atoms with E-state index < -0.39 is 0 Å². The first-order valence-corrected chi connectivity index (χ1v) is 4.51. The second-order valence-corrected chi connectivity index (χ2v) is 3.35. The van der Waals surface area contributed by atoms with Crippen LogP contribution in [0.25, 0.3) is 0 Å². The normalized spacial score (nSPS) is 9.62. The van der Waals surface area contributed by atoms with Crippen molar-refractivity contribution >= 4 is 23.0 Å². The monoisotopic (exact) mass is 195 g/mol. The predicted molar refractivity (Wildman–Crippen MR) is 58.9 cm³/mol. The van der Waals surface area contributed by atoms with Crippen LogP contribution < -0.4 is 10.6 Å². The molecule has 0 saturated heterocycles. The molecular weight excluding hydrogens is 182 g/mol. The summed E-state index contributed by atoms with van der Waals surface area (Å²) < 4.78 is 0. The highest BCUT2D eigenvalue weighted by atomic mass is 32.1. The van der Waals surface area contributed by atoms with Gasteiger partial charge in [0, 0.05) is 26.2 Å². The molecule has 13 heavy (non-hydrogen) atoms. The van der Waals surface area contributed by atoms with Crippen molar-refractivity contribution in [3.05, 3.63) is 24.4 Å². The van der Waals surface area contributed by atoms with Crippen LogP contribution in [-0.2, 0) is 0 Å². The van der Waals surface area contributed by atoms with E-state index >= 15 is 0 Å². The topological polar surface area (TPSA) is 42.1 Å². The van der Waals surface area contributed by atoms with E-state index in [-0.39, 0.29) is 0 Å². The quantitative estimate of drug-likeness (QED) is 0.733. The number of aromatic nitrogens is 1. The summed E-state index contributed by atoms with van der Waals surface area (Å²) in [6.07, 6.45) is 2.50. The number of anilines is 1. The summed E-state index contributed by atoms with van der Waals surface area (Å²) in [6.45, 7) is 0.812. The van der Waals surface area contributed by atoms with E-state index in [1.807, 2.05) is 30.1 Å². The van der Waals surface area contributed by atoms with Gasteiger partial charge in [-0.05, 0) is 12.1 Å². The maximum absolute atomic E-state index is 5.40. The molecule has 0 atom stereocenters. The Hall–Kier alpha value is -1.16. The average molecular weight is 195 g/mol. The highest BCUT2D eigenvalue weighted by molar-refractivity contribution is 7.80. The number of thiocarbonyl (C=S) groups is 1. The third-order valence-electron chi connectivity index (χ3n) is 1.73. The van der Waals surface area contributed by atoms with Crippen molar-refractivity contribution in [2.45, 2.75) is 6.42 Å². The van der Waals surface area contributed by atoms with E-state index in [1.54, 1.807) is 6.20 Å². The molecule has 0 radical (unpaired) electrons. The van der Waals surface area contributed by atoms with Crippen molar-refractivity contribution in [1.29, 1.82) is 0 Å². The highest BCUT2D eigenvalue weighted by Crippen LogP contribution is 2.06. The molecule has 0 aliphatic carbocycles. The van der Waals surface area contributed by atoms with Crippen LogP contribution >= 0.6 is 12.2 Å². The number of rotatable bonds is 4. The molecule has 2 N–H and O–H groups in total. The van der Waals surface area contributed by atoms with E-state index in [2.05, 4.69) is 4.98 Å². The molecule has 1 aromatic heterocycles. The van der Waals surface area contributed by atoms with Crippen molar-refractivity contribution in [3.63, 3.8) is 0 Å². The van der Waals surface area contributed by atoms with Crippen LogP contribution in [0.3, 0.4) is 0 Å². The predicted octanol–water partition coefficient (Wildman–Crippen LogP) is 1.19. The summed E-state index contributed by atoms with van der Waals surface area (Å²) in [7, 11) is 1.97. The summed E-state index contributed by atoms with van der Waals surface area (Å²) in [5, 5.41) is 0. The summed E-state index contributed by atoms with van der Waals surface area (Å²) in [6, 6.07) is 5.81. The number of hydrogen-bond acceptors (Lipinski definition) is 3. The molecule has 1 heterocycles. The van der Waals surface area contributed by atoms with E-state index in [0.717, 1.165) is 18.8 Å². The van der Waals surface area contributed by atoms with Crippen LogP contribution in [0.4, 0.5) is 5.82 Å². The number of hydrogen-bond donors (Lipinski definition) is 1. The second-order valence-electron chi connectivity index (χ2n) is 2.83. The molecule has 4 heteroatoms. The Labute approximate surface area is 83.6 Å². The summed E-state index contributed by atoms with van der Waals surface area (Å²) >= 11 is 4.79. The van der Waals surface area contributed by atoms with Crippen molar-refractivity contribution in [2.24, 2.45) is 5.73 Å². The first kappa shape index (κ1) is 9.92. The lowest BCUT2D eigenvalue weighted by atomic mass is 10.3. The molecule has 1 rings (SSSR count). The fourth-order valence-corrected chi connectivity index (χ4v) is 1.06. The first-order chi connectivity index (χ1) is 6.20. The molecule has 0 fully saturated rings. The second kappa shape index (κ2) is 4.77. The molecule has 0 spiro atoms. The zero-order valence-electron chi connectivity index (χ0n) is 7.60. The Morgan fingerprint density at radius 1 is 1.62 bits per heavy atom. The Morgan fingerprint density at radius 2 is 2.38 bits per heavy atom. The summed E-state index contributed by atoms with van der Waals surface area (Å²) in [5.74, 6) is 0.943. The third-order valence-corrected chi connectivity index (χ3v) is 1.94. The molecule has 0 aromatic carbocycles. The first-order valence-electron chi connectivity index (χ1n) is 4.10. The minimum atomic E-state index is 0.544. The zero-order valence-corrected chi connectivity index (χ0v) is 8.42. The molecular formula is C9H13N3S. The number of nitrogens with zero attached hydrogens (tertiary/aromatic N) is 2. The number of pyridine rings is 1. The van der Waals surface area contributed by atoms with Crippen LogP contribution in [0, 0.1) is 0 Å². The van der Waals surface area contributed by atoms with E-state index in [9.17, 15) is 0 Å². The van der Waals surface area contributed by atoms with Crippen LogP contribution in [0.15, 0.2) is 24.4 Å². The van der Waals surface area contributed by atoms with Crippen molar-refractivity contribution in [1.82, 2.24) is 4.98 Å². The molecule has 0 aliphatic heterocycles. The smallest absolute Gasteiger partial charge is 0.128 e. The highest BCUT2D eigenvalue weighted by Gasteiger charge is 2.00. The average Bonchev–Trinajstić information content (AvgIpc) is 2.15. The summed E-state index contributed by atoms with van der Waals surface area (Å²) in [5.41, 5.74) is 5.40. The fraction of sp³-hybridized carbons (Fsp3) is 0.333. The lowest BCUT2D eigenvalue weighted by molar-refractivity contribution is 0.899. The van der Waals surface area contributed by atoms with Gasteiger partial charge in [0.05, 0.1) is 4.99 Å². The largest absolute Gasteiger partial charge is 0.393 e. The minimum Gasteiger partial charge on any atom is -0.393 e. The van der Waals surface area contributed by atoms with Crippen LogP contribution in [0.1, 0.15) is 6.42 Å². The molecule has 70 valence electrons. The zero-order chi connectivity index (χ0) is 9.68. The van der Waals surface area contributed by atoms with E-state index in [1.165, 1.54) is 0 Å². The van der Waals surface area contributed by atoms with Gasteiger partial charge in [0.25, 0.3) is 0 Å². The molecule has 0 saturated carbocycles. The maximum Gasteiger partial charge on any atom is 0.128 e. The molecule has 0 unspecified atom stereocenters. The van der Waals surface area contributed by atoms with Gasteiger partial charge in [-0.15, -0.1) is 0 Å². The molecule has 0 amide bonds. The van der Waals surface area contributed by atoms with Gasteiger partial charge in [-0.1, -0.05) is 18.3 Å². The number of nitrogens with two attached hydrogens (primary N) is 1.